The van der Waals surface area contributed by atoms with Crippen molar-refractivity contribution in [2.75, 3.05) is 11.9 Å². The Morgan fingerprint density at radius 2 is 1.44 bits per heavy atom. The molecule has 32 heavy (non-hydrogen) atoms. The van der Waals surface area contributed by atoms with E-state index in [1.54, 1.807) is 0 Å². The minimum Gasteiger partial charge on any atom is -0.493 e. The van der Waals surface area contributed by atoms with Crippen molar-refractivity contribution >= 4 is 23.1 Å². The zero-order chi connectivity index (χ0) is 22.5. The minimum atomic E-state index is -0.335. The number of para-hydroxylation sites is 1. The fourth-order valence-electron chi connectivity index (χ4n) is 3.52. The first-order valence-electron chi connectivity index (χ1n) is 10.7. The van der Waals surface area contributed by atoms with Crippen LogP contribution in [0.3, 0.4) is 0 Å². The van der Waals surface area contributed by atoms with Crippen LogP contribution < -0.4 is 10.1 Å². The number of nitrogens with zero attached hydrogens (tertiary/aromatic N) is 1. The average molecular weight is 427 g/mol. The topological polar surface area (TPSA) is 58.6 Å². The van der Waals surface area contributed by atoms with E-state index in [1.165, 1.54) is 4.90 Å². The van der Waals surface area contributed by atoms with E-state index in [9.17, 15) is 9.59 Å². The van der Waals surface area contributed by atoms with Crippen molar-refractivity contribution in [2.45, 2.75) is 20.4 Å². The van der Waals surface area contributed by atoms with Crippen LogP contribution in [-0.4, -0.2) is 23.3 Å². The third kappa shape index (κ3) is 4.72. The Labute approximate surface area is 188 Å². The zero-order valence-electron chi connectivity index (χ0n) is 18.2. The quantitative estimate of drug-likeness (QED) is 0.508. The van der Waals surface area contributed by atoms with Crippen molar-refractivity contribution in [1.82, 2.24) is 4.90 Å². The minimum absolute atomic E-state index is 0.220. The maximum Gasteiger partial charge on any atom is 0.278 e. The smallest absolute Gasteiger partial charge is 0.278 e. The summed E-state index contributed by atoms with van der Waals surface area (Å²) < 4.78 is 5.76. The molecular weight excluding hydrogens is 400 g/mol. The summed E-state index contributed by atoms with van der Waals surface area (Å²) in [6.07, 6.45) is 0. The van der Waals surface area contributed by atoms with Gasteiger partial charge in [0.05, 0.1) is 18.7 Å². The Morgan fingerprint density at radius 3 is 2.06 bits per heavy atom. The van der Waals surface area contributed by atoms with Crippen LogP contribution in [-0.2, 0) is 16.1 Å². The highest BCUT2D eigenvalue weighted by Gasteiger charge is 2.39. The van der Waals surface area contributed by atoms with Crippen LogP contribution in [0.15, 0.2) is 90.6 Å². The van der Waals surface area contributed by atoms with Crippen LogP contribution in [0.2, 0.25) is 0 Å². The van der Waals surface area contributed by atoms with Crippen molar-refractivity contribution in [3.63, 3.8) is 0 Å². The number of ether oxygens (including phenoxy) is 1. The average Bonchev–Trinajstić information content (AvgIpc) is 3.03. The Balaban J connectivity index is 1.67. The summed E-state index contributed by atoms with van der Waals surface area (Å²) in [7, 11) is 0. The van der Waals surface area contributed by atoms with Gasteiger partial charge in [-0.2, -0.15) is 0 Å². The molecule has 2 amide bonds. The Hall–Kier alpha value is -3.86. The molecule has 0 unspecified atom stereocenters. The van der Waals surface area contributed by atoms with Gasteiger partial charge in [-0.05, 0) is 41.3 Å². The number of hydrogen-bond donors (Lipinski definition) is 1. The van der Waals surface area contributed by atoms with Crippen molar-refractivity contribution in [3.05, 3.63) is 102 Å². The lowest BCUT2D eigenvalue weighted by atomic mass is 10.0. The first kappa shape index (κ1) is 21.4. The predicted octanol–water partition coefficient (Wildman–Crippen LogP) is 5.11. The largest absolute Gasteiger partial charge is 0.493 e. The molecule has 1 aliphatic heterocycles. The second-order valence-electron chi connectivity index (χ2n) is 8.15. The van der Waals surface area contributed by atoms with Gasteiger partial charge in [0.25, 0.3) is 11.8 Å². The molecule has 1 aliphatic rings. The molecule has 0 atom stereocenters. The molecule has 5 heteroatoms. The van der Waals surface area contributed by atoms with Crippen molar-refractivity contribution in [2.24, 2.45) is 5.92 Å². The summed E-state index contributed by atoms with van der Waals surface area (Å²) in [5.41, 5.74) is 2.97. The number of anilines is 1. The summed E-state index contributed by atoms with van der Waals surface area (Å²) in [6, 6.07) is 26.2. The SMILES string of the molecule is CC(C)COc1ccc(C2=C(Nc3ccccc3)C(=O)N(Cc3ccccc3)C2=O)cc1. The molecule has 3 aromatic carbocycles. The Kier molecular flexibility index (Phi) is 6.36. The van der Waals surface area contributed by atoms with E-state index in [4.69, 9.17) is 4.74 Å². The van der Waals surface area contributed by atoms with E-state index in [-0.39, 0.29) is 24.1 Å². The molecule has 0 bridgehead atoms. The second-order valence-corrected chi connectivity index (χ2v) is 8.15. The van der Waals surface area contributed by atoms with Crippen molar-refractivity contribution in [3.8, 4) is 5.75 Å². The highest BCUT2D eigenvalue weighted by atomic mass is 16.5. The predicted molar refractivity (Wildman–Crippen MR) is 126 cm³/mol. The van der Waals surface area contributed by atoms with Gasteiger partial charge in [0.2, 0.25) is 0 Å². The summed E-state index contributed by atoms with van der Waals surface area (Å²) in [5, 5.41) is 3.18. The Bertz CT molecular complexity index is 1120. The standard InChI is InChI=1S/C27H26N2O3/c1-19(2)18-32-23-15-13-21(14-16-23)24-25(28-22-11-7-4-8-12-22)27(31)29(26(24)30)17-20-9-5-3-6-10-20/h3-16,19,28H,17-18H2,1-2H3. The van der Waals surface area contributed by atoms with Gasteiger partial charge in [-0.3, -0.25) is 14.5 Å². The molecule has 4 rings (SSSR count). The molecule has 0 saturated heterocycles. The molecule has 0 fully saturated rings. The lowest BCUT2D eigenvalue weighted by Gasteiger charge is -2.15. The number of rotatable bonds is 8. The van der Waals surface area contributed by atoms with E-state index in [0.717, 1.165) is 17.0 Å². The number of carbonyl (C=O) groups is 2. The van der Waals surface area contributed by atoms with E-state index >= 15 is 0 Å². The van der Waals surface area contributed by atoms with E-state index < -0.39 is 0 Å². The maximum absolute atomic E-state index is 13.4. The van der Waals surface area contributed by atoms with Crippen LogP contribution in [0.1, 0.15) is 25.0 Å². The third-order valence-electron chi connectivity index (χ3n) is 5.12. The summed E-state index contributed by atoms with van der Waals surface area (Å²) >= 11 is 0. The molecule has 0 spiro atoms. The molecule has 1 heterocycles. The third-order valence-corrected chi connectivity index (χ3v) is 5.12. The molecule has 0 saturated carbocycles. The van der Waals surface area contributed by atoms with Crippen LogP contribution in [0, 0.1) is 5.92 Å². The van der Waals surface area contributed by atoms with Gasteiger partial charge < -0.3 is 10.1 Å². The molecule has 0 radical (unpaired) electrons. The highest BCUT2D eigenvalue weighted by Crippen LogP contribution is 2.32. The van der Waals surface area contributed by atoms with Crippen LogP contribution in [0.5, 0.6) is 5.75 Å². The molecule has 5 nitrogen and oxygen atoms in total. The lowest BCUT2D eigenvalue weighted by Crippen LogP contribution is -2.31. The van der Waals surface area contributed by atoms with Gasteiger partial charge in [-0.15, -0.1) is 0 Å². The normalized spacial score (nSPS) is 13.8. The molecule has 0 aromatic heterocycles. The maximum atomic E-state index is 13.4. The number of nitrogens with one attached hydrogen (secondary N) is 1. The first-order valence-corrected chi connectivity index (χ1v) is 10.7. The summed E-state index contributed by atoms with van der Waals surface area (Å²) in [5.74, 6) is 0.504. The fourth-order valence-corrected chi connectivity index (χ4v) is 3.52. The Morgan fingerprint density at radius 1 is 0.812 bits per heavy atom. The van der Waals surface area contributed by atoms with Gasteiger partial charge in [0.1, 0.15) is 11.4 Å². The molecule has 3 aromatic rings. The summed E-state index contributed by atoms with van der Waals surface area (Å²) in [4.78, 5) is 28.0. The van der Waals surface area contributed by atoms with E-state index in [2.05, 4.69) is 19.2 Å². The van der Waals surface area contributed by atoms with Gasteiger partial charge in [0.15, 0.2) is 0 Å². The van der Waals surface area contributed by atoms with Gasteiger partial charge in [-0.1, -0.05) is 74.5 Å². The monoisotopic (exact) mass is 426 g/mol. The molecule has 1 N–H and O–H groups in total. The lowest BCUT2D eigenvalue weighted by molar-refractivity contribution is -0.137. The van der Waals surface area contributed by atoms with Gasteiger partial charge in [-0.25, -0.2) is 0 Å². The van der Waals surface area contributed by atoms with E-state index in [0.29, 0.717) is 23.7 Å². The number of imide groups is 1. The number of hydrogen-bond acceptors (Lipinski definition) is 4. The molecule has 0 aliphatic carbocycles. The van der Waals surface area contributed by atoms with Crippen LogP contribution in [0.25, 0.3) is 5.57 Å². The number of benzene rings is 3. The first-order chi connectivity index (χ1) is 15.5. The van der Waals surface area contributed by atoms with Gasteiger partial charge in [0, 0.05) is 5.69 Å². The number of amides is 2. The second kappa shape index (κ2) is 9.52. The van der Waals surface area contributed by atoms with E-state index in [1.807, 2.05) is 84.9 Å². The van der Waals surface area contributed by atoms with Crippen LogP contribution >= 0.6 is 0 Å². The van der Waals surface area contributed by atoms with Crippen LogP contribution in [0.4, 0.5) is 5.69 Å². The fraction of sp³-hybridized carbons (Fsp3) is 0.185. The summed E-state index contributed by atoms with van der Waals surface area (Å²) in [6.45, 7) is 5.01. The molecular formula is C27H26N2O3. The number of carbonyl (C=O) groups excluding carboxylic acids is 2. The van der Waals surface area contributed by atoms with Crippen molar-refractivity contribution in [1.29, 1.82) is 0 Å². The van der Waals surface area contributed by atoms with Crippen molar-refractivity contribution < 1.29 is 14.3 Å². The highest BCUT2D eigenvalue weighted by molar-refractivity contribution is 6.36. The molecule has 162 valence electrons. The zero-order valence-corrected chi connectivity index (χ0v) is 18.2. The van der Waals surface area contributed by atoms with Gasteiger partial charge >= 0.3 is 0 Å².